The minimum atomic E-state index is -4.16. The first-order chi connectivity index (χ1) is 11.8. The van der Waals surface area contributed by atoms with Gasteiger partial charge in [0, 0.05) is 11.8 Å². The van der Waals surface area contributed by atoms with Gasteiger partial charge in [0.25, 0.3) is 0 Å². The predicted molar refractivity (Wildman–Crippen MR) is 94.1 cm³/mol. The lowest BCUT2D eigenvalue weighted by molar-refractivity contribution is -0.148. The zero-order valence-corrected chi connectivity index (χ0v) is 14.8. The van der Waals surface area contributed by atoms with Gasteiger partial charge in [-0.2, -0.15) is 20.5 Å². The molecule has 1 aromatic carbocycles. The second-order valence-corrected chi connectivity index (χ2v) is 6.80. The molecule has 0 spiro atoms. The smallest absolute Gasteiger partial charge is 0.340 e. The number of alkyl halides is 4. The van der Waals surface area contributed by atoms with E-state index in [0.717, 1.165) is 30.1 Å². The molecule has 2 rings (SSSR count). The van der Waals surface area contributed by atoms with Crippen LogP contribution < -0.4 is 10.1 Å². The topological polar surface area (TPSA) is 33.6 Å². The maximum atomic E-state index is 12.8. The van der Waals surface area contributed by atoms with Crippen molar-refractivity contribution in [1.29, 1.82) is 0 Å². The number of thioether (sulfide) groups is 1. The Bertz CT molecular complexity index is 632. The molecule has 1 heterocycles. The van der Waals surface area contributed by atoms with Gasteiger partial charge in [0.15, 0.2) is 6.61 Å². The summed E-state index contributed by atoms with van der Waals surface area (Å²) in [6.45, 7) is 2.18. The SMILES string of the molecule is CSC1CN=C(C=C(C)c2ccc(OCC(F)(F)C(F)F)cc2)NC1. The molecule has 1 unspecified atom stereocenters. The summed E-state index contributed by atoms with van der Waals surface area (Å²) in [5.41, 5.74) is 1.81. The van der Waals surface area contributed by atoms with Gasteiger partial charge >= 0.3 is 12.3 Å². The van der Waals surface area contributed by atoms with Crippen LogP contribution in [0, 0.1) is 0 Å². The molecule has 1 N–H and O–H groups in total. The number of benzene rings is 1. The second kappa shape index (κ2) is 8.60. The summed E-state index contributed by atoms with van der Waals surface area (Å²) in [5.74, 6) is -3.24. The number of halogens is 4. The van der Waals surface area contributed by atoms with Crippen molar-refractivity contribution >= 4 is 23.2 Å². The van der Waals surface area contributed by atoms with Crippen LogP contribution in [0.3, 0.4) is 0 Å². The van der Waals surface area contributed by atoms with Crippen molar-refractivity contribution < 1.29 is 22.3 Å². The average molecular weight is 376 g/mol. The second-order valence-electron chi connectivity index (χ2n) is 5.67. The Morgan fingerprint density at radius 3 is 2.60 bits per heavy atom. The Balaban J connectivity index is 1.97. The normalized spacial score (nSPS) is 18.8. The van der Waals surface area contributed by atoms with E-state index in [-0.39, 0.29) is 5.75 Å². The van der Waals surface area contributed by atoms with Crippen molar-refractivity contribution in [3.8, 4) is 5.75 Å². The van der Waals surface area contributed by atoms with E-state index in [4.69, 9.17) is 4.74 Å². The minimum absolute atomic E-state index is 0.118. The Kier molecular flexibility index (Phi) is 6.75. The van der Waals surface area contributed by atoms with Crippen molar-refractivity contribution in [1.82, 2.24) is 5.32 Å². The van der Waals surface area contributed by atoms with E-state index >= 15 is 0 Å². The molecule has 0 fully saturated rings. The molecule has 0 aromatic heterocycles. The minimum Gasteiger partial charge on any atom is -0.487 e. The molecule has 1 aliphatic heterocycles. The Morgan fingerprint density at radius 2 is 2.08 bits per heavy atom. The summed E-state index contributed by atoms with van der Waals surface area (Å²) in [7, 11) is 0. The number of rotatable bonds is 7. The van der Waals surface area contributed by atoms with Crippen LogP contribution in [0.25, 0.3) is 5.57 Å². The molecule has 0 saturated heterocycles. The number of ether oxygens (including phenoxy) is 1. The van der Waals surface area contributed by atoms with Crippen LogP contribution in [0.5, 0.6) is 5.75 Å². The van der Waals surface area contributed by atoms with Gasteiger partial charge in [-0.1, -0.05) is 12.1 Å². The molecule has 25 heavy (non-hydrogen) atoms. The number of hydrogen-bond donors (Lipinski definition) is 1. The zero-order valence-electron chi connectivity index (χ0n) is 13.9. The lowest BCUT2D eigenvalue weighted by Gasteiger charge is -2.20. The highest BCUT2D eigenvalue weighted by molar-refractivity contribution is 7.99. The summed E-state index contributed by atoms with van der Waals surface area (Å²) in [6.07, 6.45) is 0.220. The highest BCUT2D eigenvalue weighted by Crippen LogP contribution is 2.25. The van der Waals surface area contributed by atoms with E-state index < -0.39 is 19.0 Å². The Labute approximate surface area is 148 Å². The fourth-order valence-electron chi connectivity index (χ4n) is 2.14. The van der Waals surface area contributed by atoms with E-state index in [9.17, 15) is 17.6 Å². The van der Waals surface area contributed by atoms with Gasteiger partial charge in [-0.3, -0.25) is 4.99 Å². The largest absolute Gasteiger partial charge is 0.487 e. The molecular formula is C17H20F4N2OS. The molecule has 1 aliphatic rings. The molecule has 0 saturated carbocycles. The maximum Gasteiger partial charge on any atom is 0.340 e. The van der Waals surface area contributed by atoms with Crippen LogP contribution >= 0.6 is 11.8 Å². The first kappa shape index (κ1) is 19.6. The van der Waals surface area contributed by atoms with Crippen molar-refractivity contribution in [2.45, 2.75) is 24.5 Å². The summed E-state index contributed by atoms with van der Waals surface area (Å²) in [5, 5.41) is 3.73. The zero-order chi connectivity index (χ0) is 18.4. The van der Waals surface area contributed by atoms with E-state index in [2.05, 4.69) is 16.6 Å². The third kappa shape index (κ3) is 5.66. The van der Waals surface area contributed by atoms with Crippen LogP contribution in [-0.2, 0) is 0 Å². The summed E-state index contributed by atoms with van der Waals surface area (Å²) < 4.78 is 54.6. The molecule has 0 bridgehead atoms. The number of nitrogens with one attached hydrogen (secondary N) is 1. The van der Waals surface area contributed by atoms with Gasteiger partial charge in [-0.05, 0) is 42.5 Å². The number of amidine groups is 1. The fourth-order valence-corrected chi connectivity index (χ4v) is 2.61. The fraction of sp³-hybridized carbons (Fsp3) is 0.471. The van der Waals surface area contributed by atoms with Gasteiger partial charge in [0.1, 0.15) is 11.6 Å². The van der Waals surface area contributed by atoms with E-state index in [0.29, 0.717) is 5.25 Å². The van der Waals surface area contributed by atoms with Crippen LogP contribution in [0.4, 0.5) is 17.6 Å². The molecule has 1 aromatic rings. The Hall–Kier alpha value is -1.70. The lowest BCUT2D eigenvalue weighted by atomic mass is 10.1. The highest BCUT2D eigenvalue weighted by Gasteiger charge is 2.41. The van der Waals surface area contributed by atoms with Gasteiger partial charge < -0.3 is 10.1 Å². The van der Waals surface area contributed by atoms with Crippen molar-refractivity contribution in [2.75, 3.05) is 26.0 Å². The molecule has 0 aliphatic carbocycles. The van der Waals surface area contributed by atoms with Gasteiger partial charge in [-0.15, -0.1) is 0 Å². The van der Waals surface area contributed by atoms with Crippen LogP contribution in [0.15, 0.2) is 35.3 Å². The van der Waals surface area contributed by atoms with Crippen molar-refractivity contribution in [3.05, 3.63) is 35.9 Å². The van der Waals surface area contributed by atoms with Crippen molar-refractivity contribution in [3.63, 3.8) is 0 Å². The number of allylic oxidation sites excluding steroid dienone is 1. The van der Waals surface area contributed by atoms with Gasteiger partial charge in [-0.25, -0.2) is 8.78 Å². The van der Waals surface area contributed by atoms with Crippen LogP contribution in [0.2, 0.25) is 0 Å². The third-order valence-corrected chi connectivity index (χ3v) is 4.71. The first-order valence-electron chi connectivity index (χ1n) is 7.70. The number of aliphatic imine (C=N–C) groups is 1. The maximum absolute atomic E-state index is 12.8. The van der Waals surface area contributed by atoms with Crippen molar-refractivity contribution in [2.24, 2.45) is 4.99 Å². The third-order valence-electron chi connectivity index (χ3n) is 3.72. The first-order valence-corrected chi connectivity index (χ1v) is 8.99. The highest BCUT2D eigenvalue weighted by atomic mass is 32.2. The monoisotopic (exact) mass is 376 g/mol. The summed E-state index contributed by atoms with van der Waals surface area (Å²) in [6, 6.07) is 6.34. The number of nitrogens with zero attached hydrogens (tertiary/aromatic N) is 1. The predicted octanol–water partition coefficient (Wildman–Crippen LogP) is 4.10. The van der Waals surface area contributed by atoms with E-state index in [1.165, 1.54) is 12.1 Å². The van der Waals surface area contributed by atoms with Gasteiger partial charge in [0.05, 0.1) is 6.54 Å². The van der Waals surface area contributed by atoms with E-state index in [1.807, 2.05) is 13.0 Å². The molecule has 1 atom stereocenters. The molecular weight excluding hydrogens is 356 g/mol. The standard InChI is InChI=1S/C17H20F4N2OS/c1-11(7-15-22-8-14(25-2)9-23-15)12-3-5-13(6-4-12)24-10-17(20,21)16(18)19/h3-7,14,16H,8-10H2,1-2H3,(H,22,23). The number of hydrogen-bond acceptors (Lipinski definition) is 4. The average Bonchev–Trinajstić information content (AvgIpc) is 2.61. The molecule has 138 valence electrons. The van der Waals surface area contributed by atoms with Crippen LogP contribution in [-0.4, -0.2) is 49.4 Å². The van der Waals surface area contributed by atoms with E-state index in [1.54, 1.807) is 23.9 Å². The molecule has 0 amide bonds. The Morgan fingerprint density at radius 1 is 1.40 bits per heavy atom. The van der Waals surface area contributed by atoms with Gasteiger partial charge in [0.2, 0.25) is 0 Å². The summed E-state index contributed by atoms with van der Waals surface area (Å²) >= 11 is 1.77. The molecule has 3 nitrogen and oxygen atoms in total. The molecule has 0 radical (unpaired) electrons. The molecule has 8 heteroatoms. The quantitative estimate of drug-likeness (QED) is 0.728. The lowest BCUT2D eigenvalue weighted by Crippen LogP contribution is -2.36. The summed E-state index contributed by atoms with van der Waals surface area (Å²) in [4.78, 5) is 4.47. The van der Waals surface area contributed by atoms with Crippen LogP contribution in [0.1, 0.15) is 12.5 Å².